The van der Waals surface area contributed by atoms with Crippen molar-refractivity contribution in [2.24, 2.45) is 0 Å². The van der Waals surface area contributed by atoms with Crippen LogP contribution in [-0.2, 0) is 6.42 Å². The fourth-order valence-electron chi connectivity index (χ4n) is 2.72. The van der Waals surface area contributed by atoms with Crippen LogP contribution in [0.5, 0.6) is 0 Å². The summed E-state index contributed by atoms with van der Waals surface area (Å²) in [6, 6.07) is 8.43. The number of fused-ring (bicyclic) bond motifs is 1. The molecule has 1 aliphatic rings. The number of aryl methyl sites for hydroxylation is 1. The summed E-state index contributed by atoms with van der Waals surface area (Å²) >= 11 is 0. The van der Waals surface area contributed by atoms with Crippen LogP contribution in [0.25, 0.3) is 0 Å². The standard InChI is InChI=1S/C15H18N2O2/c1-2-13(18)14-16-15(19-17-14)12-9-5-7-10-6-3-4-8-11(10)12/h3-4,6,8,12-13,18H,2,5,7,9H2,1H3. The van der Waals surface area contributed by atoms with Crippen LogP contribution in [0.3, 0.4) is 0 Å². The van der Waals surface area contributed by atoms with Gasteiger partial charge in [0.05, 0.1) is 5.92 Å². The second-order valence-corrected chi connectivity index (χ2v) is 5.06. The van der Waals surface area contributed by atoms with Crippen molar-refractivity contribution in [1.29, 1.82) is 0 Å². The van der Waals surface area contributed by atoms with Crippen molar-refractivity contribution < 1.29 is 9.63 Å². The maximum absolute atomic E-state index is 9.75. The molecule has 2 unspecified atom stereocenters. The molecule has 2 aromatic rings. The number of hydrogen-bond acceptors (Lipinski definition) is 4. The Hall–Kier alpha value is -1.68. The van der Waals surface area contributed by atoms with Crippen LogP contribution in [0.2, 0.25) is 0 Å². The average molecular weight is 258 g/mol. The van der Waals surface area contributed by atoms with Gasteiger partial charge in [0.15, 0.2) is 5.82 Å². The summed E-state index contributed by atoms with van der Waals surface area (Å²) in [6.07, 6.45) is 3.25. The number of aromatic nitrogens is 2. The molecule has 3 rings (SSSR count). The average Bonchev–Trinajstić information content (AvgIpc) is 2.95. The van der Waals surface area contributed by atoms with Crippen molar-refractivity contribution >= 4 is 0 Å². The van der Waals surface area contributed by atoms with Gasteiger partial charge in [-0.05, 0) is 36.8 Å². The predicted molar refractivity (Wildman–Crippen MR) is 70.8 cm³/mol. The van der Waals surface area contributed by atoms with E-state index in [0.29, 0.717) is 18.1 Å². The van der Waals surface area contributed by atoms with E-state index in [1.807, 2.05) is 6.92 Å². The summed E-state index contributed by atoms with van der Waals surface area (Å²) < 4.78 is 5.36. The molecule has 2 atom stereocenters. The molecule has 0 radical (unpaired) electrons. The van der Waals surface area contributed by atoms with Crippen molar-refractivity contribution in [2.45, 2.75) is 44.6 Å². The van der Waals surface area contributed by atoms with Gasteiger partial charge in [0, 0.05) is 0 Å². The molecule has 1 aromatic heterocycles. The zero-order chi connectivity index (χ0) is 13.2. The zero-order valence-corrected chi connectivity index (χ0v) is 11.0. The Bertz CT molecular complexity index is 565. The number of hydrogen-bond donors (Lipinski definition) is 1. The van der Waals surface area contributed by atoms with Gasteiger partial charge in [0.1, 0.15) is 6.10 Å². The van der Waals surface area contributed by atoms with Gasteiger partial charge in [-0.2, -0.15) is 4.98 Å². The first kappa shape index (κ1) is 12.4. The third kappa shape index (κ3) is 2.28. The van der Waals surface area contributed by atoms with Gasteiger partial charge in [-0.25, -0.2) is 0 Å². The van der Waals surface area contributed by atoms with Crippen molar-refractivity contribution in [3.8, 4) is 0 Å². The first-order valence-corrected chi connectivity index (χ1v) is 6.89. The number of aliphatic hydroxyl groups is 1. The molecule has 4 nitrogen and oxygen atoms in total. The van der Waals surface area contributed by atoms with Gasteiger partial charge in [-0.1, -0.05) is 36.3 Å². The van der Waals surface area contributed by atoms with Gasteiger partial charge in [0.2, 0.25) is 5.89 Å². The molecule has 0 spiro atoms. The molecule has 0 fully saturated rings. The van der Waals surface area contributed by atoms with Crippen molar-refractivity contribution in [3.05, 3.63) is 47.1 Å². The molecular weight excluding hydrogens is 240 g/mol. The lowest BCUT2D eigenvalue weighted by Crippen LogP contribution is -2.11. The van der Waals surface area contributed by atoms with Gasteiger partial charge >= 0.3 is 0 Å². The smallest absolute Gasteiger partial charge is 0.234 e. The van der Waals surface area contributed by atoms with Crippen LogP contribution in [0.15, 0.2) is 28.8 Å². The molecule has 0 bridgehead atoms. The quantitative estimate of drug-likeness (QED) is 0.919. The van der Waals surface area contributed by atoms with Gasteiger partial charge < -0.3 is 9.63 Å². The van der Waals surface area contributed by atoms with Crippen molar-refractivity contribution in [1.82, 2.24) is 10.1 Å². The molecule has 1 aliphatic carbocycles. The van der Waals surface area contributed by atoms with E-state index in [1.165, 1.54) is 11.1 Å². The molecule has 1 N–H and O–H groups in total. The van der Waals surface area contributed by atoms with E-state index >= 15 is 0 Å². The highest BCUT2D eigenvalue weighted by Gasteiger charge is 2.27. The summed E-state index contributed by atoms with van der Waals surface area (Å²) in [4.78, 5) is 4.38. The summed E-state index contributed by atoms with van der Waals surface area (Å²) in [5.41, 5.74) is 2.66. The van der Waals surface area contributed by atoms with Crippen molar-refractivity contribution in [3.63, 3.8) is 0 Å². The molecule has 100 valence electrons. The lowest BCUT2D eigenvalue weighted by molar-refractivity contribution is 0.159. The largest absolute Gasteiger partial charge is 0.385 e. The monoisotopic (exact) mass is 258 g/mol. The SMILES string of the molecule is CCC(O)c1noc(C2CCCc3ccccc32)n1. The fourth-order valence-corrected chi connectivity index (χ4v) is 2.72. The maximum Gasteiger partial charge on any atom is 0.234 e. The second kappa shape index (κ2) is 5.13. The molecule has 19 heavy (non-hydrogen) atoms. The van der Waals surface area contributed by atoms with Crippen LogP contribution in [0, 0.1) is 0 Å². The molecule has 4 heteroatoms. The summed E-state index contributed by atoms with van der Waals surface area (Å²) in [7, 11) is 0. The minimum Gasteiger partial charge on any atom is -0.385 e. The Kier molecular flexibility index (Phi) is 3.34. The summed E-state index contributed by atoms with van der Waals surface area (Å²) in [5.74, 6) is 1.21. The van der Waals surface area contributed by atoms with Crippen LogP contribution in [0.4, 0.5) is 0 Å². The molecule has 1 aromatic carbocycles. The number of nitrogens with zero attached hydrogens (tertiary/aromatic N) is 2. The van der Waals surface area contributed by atoms with Gasteiger partial charge in [-0.15, -0.1) is 0 Å². The van der Waals surface area contributed by atoms with E-state index in [1.54, 1.807) is 0 Å². The highest BCUT2D eigenvalue weighted by molar-refractivity contribution is 5.35. The molecule has 0 saturated heterocycles. The normalized spacial score (nSPS) is 20.0. The molecule has 0 saturated carbocycles. The Balaban J connectivity index is 1.93. The van der Waals surface area contributed by atoms with Gasteiger partial charge in [0.25, 0.3) is 0 Å². The topological polar surface area (TPSA) is 59.2 Å². The summed E-state index contributed by atoms with van der Waals surface area (Å²) in [6.45, 7) is 1.90. The minimum atomic E-state index is -0.628. The van der Waals surface area contributed by atoms with Crippen LogP contribution >= 0.6 is 0 Å². The predicted octanol–water partition coefficient (Wildman–Crippen LogP) is 2.98. The first-order valence-electron chi connectivity index (χ1n) is 6.89. The van der Waals surface area contributed by atoms with E-state index in [-0.39, 0.29) is 5.92 Å². The van der Waals surface area contributed by atoms with Gasteiger partial charge in [-0.3, -0.25) is 0 Å². The first-order chi connectivity index (χ1) is 9.29. The third-order valence-electron chi connectivity index (χ3n) is 3.81. The zero-order valence-electron chi connectivity index (χ0n) is 11.0. The van der Waals surface area contributed by atoms with Crippen LogP contribution in [0.1, 0.15) is 61.1 Å². The van der Waals surface area contributed by atoms with E-state index < -0.39 is 6.10 Å². The summed E-state index contributed by atoms with van der Waals surface area (Å²) in [5, 5.41) is 13.7. The number of rotatable bonds is 3. The van der Waals surface area contributed by atoms with E-state index in [2.05, 4.69) is 34.4 Å². The molecule has 1 heterocycles. The Labute approximate surface area is 112 Å². The highest BCUT2D eigenvalue weighted by atomic mass is 16.5. The number of aliphatic hydroxyl groups excluding tert-OH is 1. The van der Waals surface area contributed by atoms with E-state index in [9.17, 15) is 5.11 Å². The van der Waals surface area contributed by atoms with Crippen LogP contribution in [-0.4, -0.2) is 15.2 Å². The fraction of sp³-hybridized carbons (Fsp3) is 0.467. The minimum absolute atomic E-state index is 0.176. The molecule has 0 amide bonds. The Morgan fingerprint density at radius 1 is 1.42 bits per heavy atom. The highest BCUT2D eigenvalue weighted by Crippen LogP contribution is 2.36. The van der Waals surface area contributed by atoms with Crippen molar-refractivity contribution in [2.75, 3.05) is 0 Å². The third-order valence-corrected chi connectivity index (χ3v) is 3.81. The molecular formula is C15H18N2O2. The lowest BCUT2D eigenvalue weighted by Gasteiger charge is -2.22. The number of benzene rings is 1. The molecule has 0 aliphatic heterocycles. The second-order valence-electron chi connectivity index (χ2n) is 5.06. The van der Waals surface area contributed by atoms with E-state index in [4.69, 9.17) is 4.52 Å². The lowest BCUT2D eigenvalue weighted by atomic mass is 9.83. The van der Waals surface area contributed by atoms with Crippen LogP contribution < -0.4 is 0 Å². The Morgan fingerprint density at radius 3 is 3.11 bits per heavy atom. The maximum atomic E-state index is 9.75. The Morgan fingerprint density at radius 2 is 2.26 bits per heavy atom. The van der Waals surface area contributed by atoms with E-state index in [0.717, 1.165) is 19.3 Å².